The maximum Gasteiger partial charge on any atom is 0.225 e. The van der Waals surface area contributed by atoms with Gasteiger partial charge in [0.1, 0.15) is 12.4 Å². The number of furan rings is 1. The Kier molecular flexibility index (Phi) is 5.87. The predicted octanol–water partition coefficient (Wildman–Crippen LogP) is 1.48. The molecule has 5 aromatic rings. The van der Waals surface area contributed by atoms with Crippen LogP contribution in [0.4, 0.5) is 11.6 Å². The summed E-state index contributed by atoms with van der Waals surface area (Å²) in [5.74, 6) is 2.13. The van der Waals surface area contributed by atoms with Gasteiger partial charge in [-0.05, 0) is 36.4 Å². The van der Waals surface area contributed by atoms with Gasteiger partial charge in [-0.25, -0.2) is 9.97 Å². The lowest BCUT2D eigenvalue weighted by molar-refractivity contribution is 0.249. The molecule has 1 aromatic carbocycles. The first kappa shape index (κ1) is 22.3. The number of aromatic nitrogens is 6. The van der Waals surface area contributed by atoms with Gasteiger partial charge in [-0.15, -0.1) is 5.10 Å². The molecule has 4 N–H and O–H groups in total. The van der Waals surface area contributed by atoms with Crippen LogP contribution in [0.2, 0.25) is 0 Å². The summed E-state index contributed by atoms with van der Waals surface area (Å²) < 4.78 is 14.5. The van der Waals surface area contributed by atoms with Crippen molar-refractivity contribution in [3.63, 3.8) is 0 Å². The van der Waals surface area contributed by atoms with Crippen molar-refractivity contribution in [2.45, 2.75) is 6.54 Å². The molecule has 1 fully saturated rings. The third-order valence-electron chi connectivity index (χ3n) is 6.43. The molecule has 0 aliphatic carbocycles. The Morgan fingerprint density at radius 2 is 1.81 bits per heavy atom. The molecule has 0 spiro atoms. The number of hydrogen-bond acceptors (Lipinski definition) is 10. The maximum atomic E-state index is 6.21. The maximum absolute atomic E-state index is 6.21. The third-order valence-corrected chi connectivity index (χ3v) is 6.43. The number of rotatable bonds is 8. The molecule has 1 aliphatic heterocycles. The van der Waals surface area contributed by atoms with Gasteiger partial charge in [0.2, 0.25) is 11.8 Å². The van der Waals surface area contributed by atoms with E-state index < -0.39 is 0 Å². The smallest absolute Gasteiger partial charge is 0.225 e. The minimum Gasteiger partial charge on any atom is -0.492 e. The molecule has 4 aromatic heterocycles. The van der Waals surface area contributed by atoms with E-state index in [0.717, 1.165) is 45.0 Å². The number of benzene rings is 1. The number of imidazole rings is 1. The highest BCUT2D eigenvalue weighted by molar-refractivity contribution is 5.87. The summed E-state index contributed by atoms with van der Waals surface area (Å²) in [6, 6.07) is 11.8. The van der Waals surface area contributed by atoms with E-state index in [1.54, 1.807) is 24.7 Å². The topological polar surface area (TPSA) is 142 Å². The zero-order valence-corrected chi connectivity index (χ0v) is 19.8. The number of ether oxygens (including phenoxy) is 1. The molecule has 1 saturated heterocycles. The summed E-state index contributed by atoms with van der Waals surface area (Å²) in [5, 5.41) is 4.43. The molecule has 0 bridgehead atoms. The minimum atomic E-state index is 0.262. The molecule has 0 amide bonds. The highest BCUT2D eigenvalue weighted by Crippen LogP contribution is 2.23. The summed E-state index contributed by atoms with van der Waals surface area (Å²) in [6.07, 6.45) is 3.38. The number of nitrogens with two attached hydrogens (primary N) is 2. The van der Waals surface area contributed by atoms with Gasteiger partial charge in [0.25, 0.3) is 0 Å². The average molecular weight is 489 g/mol. The van der Waals surface area contributed by atoms with Crippen LogP contribution in [0.15, 0.2) is 53.4 Å². The predicted molar refractivity (Wildman–Crippen MR) is 136 cm³/mol. The molecule has 36 heavy (non-hydrogen) atoms. The number of hydrogen-bond donors (Lipinski definition) is 2. The second-order valence-corrected chi connectivity index (χ2v) is 8.69. The molecular formula is C24H28N10O2. The van der Waals surface area contributed by atoms with Gasteiger partial charge in [-0.2, -0.15) is 9.50 Å². The van der Waals surface area contributed by atoms with Crippen LogP contribution in [0.3, 0.4) is 0 Å². The van der Waals surface area contributed by atoms with Crippen LogP contribution < -0.4 is 21.1 Å². The average Bonchev–Trinajstić information content (AvgIpc) is 3.67. The Morgan fingerprint density at radius 1 is 0.972 bits per heavy atom. The zero-order valence-electron chi connectivity index (χ0n) is 19.8. The first-order chi connectivity index (χ1) is 17.7. The van der Waals surface area contributed by atoms with Crippen molar-refractivity contribution in [2.75, 3.05) is 56.5 Å². The summed E-state index contributed by atoms with van der Waals surface area (Å²) in [6.45, 7) is 6.59. The van der Waals surface area contributed by atoms with Crippen LogP contribution in [-0.4, -0.2) is 79.9 Å². The van der Waals surface area contributed by atoms with Gasteiger partial charge in [0.05, 0.1) is 12.6 Å². The molecule has 12 nitrogen and oxygen atoms in total. The number of nitrogen functional groups attached to an aromatic ring is 1. The molecule has 186 valence electrons. The van der Waals surface area contributed by atoms with Gasteiger partial charge in [-0.1, -0.05) is 0 Å². The molecule has 5 heterocycles. The molecule has 1 aliphatic rings. The van der Waals surface area contributed by atoms with Crippen molar-refractivity contribution < 1.29 is 9.15 Å². The summed E-state index contributed by atoms with van der Waals surface area (Å²) in [5.41, 5.74) is 14.9. The lowest BCUT2D eigenvalue weighted by atomic mass is 10.2. The van der Waals surface area contributed by atoms with E-state index in [-0.39, 0.29) is 5.95 Å². The lowest BCUT2D eigenvalue weighted by Gasteiger charge is -2.36. The highest BCUT2D eigenvalue weighted by atomic mass is 16.5. The Balaban J connectivity index is 1.11. The highest BCUT2D eigenvalue weighted by Gasteiger charge is 2.20. The van der Waals surface area contributed by atoms with E-state index in [1.807, 2.05) is 16.7 Å². The van der Waals surface area contributed by atoms with E-state index in [4.69, 9.17) is 20.6 Å². The normalized spacial score (nSPS) is 14.8. The van der Waals surface area contributed by atoms with Gasteiger partial charge >= 0.3 is 0 Å². The Hall–Kier alpha value is -4.16. The molecule has 12 heteroatoms. The first-order valence-electron chi connectivity index (χ1n) is 12.0. The monoisotopic (exact) mass is 488 g/mol. The van der Waals surface area contributed by atoms with E-state index in [9.17, 15) is 0 Å². The van der Waals surface area contributed by atoms with E-state index in [0.29, 0.717) is 41.5 Å². The Labute approximate surface area is 207 Å². The standard InChI is InChI=1S/C24H28N10O2/c25-7-15-35-18-5-3-17(4-6-18)32-11-8-31(9-12-32)10-13-33-16-27-20-22(33)29-24(26)34-23(20)28-21(30-34)19-2-1-14-36-19/h1-6,14,16H,7-13,15,25H2,(H2,26,29). The van der Waals surface area contributed by atoms with Crippen molar-refractivity contribution in [3.8, 4) is 17.3 Å². The van der Waals surface area contributed by atoms with Gasteiger partial charge in [0, 0.05) is 51.5 Å². The fourth-order valence-electron chi connectivity index (χ4n) is 4.51. The quantitative estimate of drug-likeness (QED) is 0.330. The fraction of sp³-hybridized carbons (Fsp3) is 0.333. The Bertz CT molecular complexity index is 1450. The zero-order chi connectivity index (χ0) is 24.5. The minimum absolute atomic E-state index is 0.262. The van der Waals surface area contributed by atoms with E-state index in [1.165, 1.54) is 10.2 Å². The van der Waals surface area contributed by atoms with E-state index in [2.05, 4.69) is 42.0 Å². The summed E-state index contributed by atoms with van der Waals surface area (Å²) in [4.78, 5) is 18.6. The fourth-order valence-corrected chi connectivity index (χ4v) is 4.51. The van der Waals surface area contributed by atoms with Crippen LogP contribution in [0, 0.1) is 0 Å². The number of nitrogens with zero attached hydrogens (tertiary/aromatic N) is 8. The van der Waals surface area contributed by atoms with Gasteiger partial charge < -0.3 is 30.1 Å². The van der Waals surface area contributed by atoms with Crippen molar-refractivity contribution in [3.05, 3.63) is 49.0 Å². The summed E-state index contributed by atoms with van der Waals surface area (Å²) >= 11 is 0. The molecule has 0 radical (unpaired) electrons. The van der Waals surface area contributed by atoms with Gasteiger partial charge in [0.15, 0.2) is 22.6 Å². The Morgan fingerprint density at radius 3 is 2.56 bits per heavy atom. The number of piperazine rings is 1. The summed E-state index contributed by atoms with van der Waals surface area (Å²) in [7, 11) is 0. The van der Waals surface area contributed by atoms with Crippen molar-refractivity contribution in [1.29, 1.82) is 0 Å². The van der Waals surface area contributed by atoms with Crippen LogP contribution in [0.25, 0.3) is 28.4 Å². The molecule has 6 rings (SSSR count). The lowest BCUT2D eigenvalue weighted by Crippen LogP contribution is -2.47. The van der Waals surface area contributed by atoms with Gasteiger partial charge in [-0.3, -0.25) is 4.90 Å². The SMILES string of the molecule is NCCOc1ccc(N2CCN(CCn3cnc4c3nc(N)n3nc(-c5ccco5)nc43)CC2)cc1. The molecule has 0 atom stereocenters. The second kappa shape index (κ2) is 9.47. The van der Waals surface area contributed by atoms with Crippen LogP contribution in [0.5, 0.6) is 5.75 Å². The van der Waals surface area contributed by atoms with E-state index >= 15 is 0 Å². The number of fused-ring (bicyclic) bond motifs is 3. The third kappa shape index (κ3) is 4.20. The van der Waals surface area contributed by atoms with Crippen molar-refractivity contribution in [1.82, 2.24) is 34.0 Å². The largest absolute Gasteiger partial charge is 0.492 e. The molecular weight excluding hydrogens is 460 g/mol. The van der Waals surface area contributed by atoms with Crippen molar-refractivity contribution in [2.24, 2.45) is 5.73 Å². The van der Waals surface area contributed by atoms with Crippen LogP contribution in [0.1, 0.15) is 0 Å². The van der Waals surface area contributed by atoms with Crippen LogP contribution >= 0.6 is 0 Å². The first-order valence-corrected chi connectivity index (χ1v) is 12.0. The molecule has 0 saturated carbocycles. The van der Waals surface area contributed by atoms with Crippen molar-refractivity contribution >= 4 is 28.4 Å². The number of anilines is 2. The molecule has 0 unspecified atom stereocenters. The second-order valence-electron chi connectivity index (χ2n) is 8.69. The van der Waals surface area contributed by atoms with Crippen LogP contribution in [-0.2, 0) is 6.54 Å².